The fourth-order valence-corrected chi connectivity index (χ4v) is 2.67. The molecule has 0 amide bonds. The van der Waals surface area contributed by atoms with Gasteiger partial charge in [0.2, 0.25) is 0 Å². The van der Waals surface area contributed by atoms with Crippen LogP contribution in [0.25, 0.3) is 0 Å². The van der Waals surface area contributed by atoms with Gasteiger partial charge in [0, 0.05) is 21.3 Å². The Bertz CT molecular complexity index is 420. The molecule has 0 aliphatic heterocycles. The Morgan fingerprint density at radius 3 is 2.28 bits per heavy atom. The van der Waals surface area contributed by atoms with Crippen LogP contribution in [0.15, 0.2) is 22.7 Å². The van der Waals surface area contributed by atoms with E-state index in [9.17, 15) is 0 Å². The smallest absolute Gasteiger partial charge is 0.106 e. The minimum absolute atomic E-state index is 0.111. The van der Waals surface area contributed by atoms with Crippen LogP contribution in [-0.4, -0.2) is 10.5 Å². The van der Waals surface area contributed by atoms with Gasteiger partial charge in [-0.15, -0.1) is 0 Å². The van der Waals surface area contributed by atoms with Crippen molar-refractivity contribution in [2.75, 3.05) is 5.32 Å². The number of nitrogens with two attached hydrogens (primary N) is 1. The summed E-state index contributed by atoms with van der Waals surface area (Å²) in [5.41, 5.74) is 7.82. The van der Waals surface area contributed by atoms with Crippen LogP contribution >= 0.6 is 28.1 Å². The van der Waals surface area contributed by atoms with E-state index in [4.69, 9.17) is 18.0 Å². The number of rotatable bonds is 6. The Hall–Kier alpha value is -0.610. The summed E-state index contributed by atoms with van der Waals surface area (Å²) in [5, 5.41) is 3.63. The summed E-state index contributed by atoms with van der Waals surface area (Å²) in [6, 6.07) is 5.97. The van der Waals surface area contributed by atoms with Gasteiger partial charge in [0.25, 0.3) is 0 Å². The van der Waals surface area contributed by atoms with Crippen LogP contribution in [0.4, 0.5) is 5.69 Å². The average molecular weight is 329 g/mol. The van der Waals surface area contributed by atoms with E-state index < -0.39 is 0 Å². The van der Waals surface area contributed by atoms with Gasteiger partial charge in [-0.1, -0.05) is 48.9 Å². The van der Waals surface area contributed by atoms with Crippen molar-refractivity contribution >= 4 is 38.8 Å². The second kappa shape index (κ2) is 6.53. The van der Waals surface area contributed by atoms with Crippen molar-refractivity contribution in [3.05, 3.63) is 28.2 Å². The summed E-state index contributed by atoms with van der Waals surface area (Å²) < 4.78 is 1.03. The van der Waals surface area contributed by atoms with Crippen LogP contribution in [0.3, 0.4) is 0 Å². The zero-order chi connectivity index (χ0) is 13.8. The average Bonchev–Trinajstić information content (AvgIpc) is 2.36. The highest BCUT2D eigenvalue weighted by Gasteiger charge is 2.24. The molecule has 0 unspecified atom stereocenters. The van der Waals surface area contributed by atoms with Crippen LogP contribution in [0.5, 0.6) is 0 Å². The molecule has 0 atom stereocenters. The maximum absolute atomic E-state index is 5.78. The highest BCUT2D eigenvalue weighted by atomic mass is 79.9. The Balaban J connectivity index is 3.16. The number of anilines is 1. The van der Waals surface area contributed by atoms with Crippen molar-refractivity contribution in [1.29, 1.82) is 0 Å². The molecular weight excluding hydrogens is 308 g/mol. The van der Waals surface area contributed by atoms with Gasteiger partial charge in [0.15, 0.2) is 0 Å². The van der Waals surface area contributed by atoms with E-state index >= 15 is 0 Å². The topological polar surface area (TPSA) is 38.0 Å². The highest BCUT2D eigenvalue weighted by Crippen LogP contribution is 2.29. The molecular formula is C14H21BrN2S. The zero-order valence-electron chi connectivity index (χ0n) is 11.2. The van der Waals surface area contributed by atoms with Crippen molar-refractivity contribution in [3.63, 3.8) is 0 Å². The molecule has 0 radical (unpaired) electrons. The quantitative estimate of drug-likeness (QED) is 0.757. The number of nitrogens with one attached hydrogen (secondary N) is 1. The van der Waals surface area contributed by atoms with E-state index in [1.54, 1.807) is 0 Å². The highest BCUT2D eigenvalue weighted by molar-refractivity contribution is 9.10. The maximum Gasteiger partial charge on any atom is 0.106 e. The van der Waals surface area contributed by atoms with Crippen molar-refractivity contribution in [2.45, 2.75) is 45.6 Å². The SMILES string of the molecule is CCC(CC)(CC)Nc1cc(Br)ccc1C(N)=S. The van der Waals surface area contributed by atoms with E-state index in [1.807, 2.05) is 18.2 Å². The van der Waals surface area contributed by atoms with E-state index in [0.29, 0.717) is 4.99 Å². The van der Waals surface area contributed by atoms with Crippen LogP contribution in [0, 0.1) is 0 Å². The molecule has 0 saturated heterocycles. The van der Waals surface area contributed by atoms with Gasteiger partial charge in [0.05, 0.1) is 0 Å². The van der Waals surface area contributed by atoms with Gasteiger partial charge >= 0.3 is 0 Å². The predicted octanol–water partition coefficient (Wildman–Crippen LogP) is 4.46. The normalized spacial score (nSPS) is 11.3. The van der Waals surface area contributed by atoms with Crippen LogP contribution in [-0.2, 0) is 0 Å². The first-order chi connectivity index (χ1) is 8.48. The third-order valence-electron chi connectivity index (χ3n) is 3.68. The monoisotopic (exact) mass is 328 g/mol. The first kappa shape index (κ1) is 15.4. The second-order valence-corrected chi connectivity index (χ2v) is 5.88. The van der Waals surface area contributed by atoms with Gasteiger partial charge in [-0.3, -0.25) is 0 Å². The lowest BCUT2D eigenvalue weighted by Gasteiger charge is -2.34. The van der Waals surface area contributed by atoms with E-state index in [2.05, 4.69) is 42.0 Å². The van der Waals surface area contributed by atoms with Crippen LogP contribution in [0.1, 0.15) is 45.6 Å². The van der Waals surface area contributed by atoms with E-state index in [-0.39, 0.29) is 5.54 Å². The molecule has 0 aromatic heterocycles. The number of thiocarbonyl (C=S) groups is 1. The summed E-state index contributed by atoms with van der Waals surface area (Å²) in [5.74, 6) is 0. The predicted molar refractivity (Wildman–Crippen MR) is 87.3 cm³/mol. The van der Waals surface area contributed by atoms with E-state index in [0.717, 1.165) is 35.0 Å². The van der Waals surface area contributed by atoms with Gasteiger partial charge in [-0.05, 0) is 37.5 Å². The van der Waals surface area contributed by atoms with Crippen molar-refractivity contribution < 1.29 is 0 Å². The number of hydrogen-bond acceptors (Lipinski definition) is 2. The molecule has 1 aromatic carbocycles. The lowest BCUT2D eigenvalue weighted by atomic mass is 9.89. The minimum Gasteiger partial charge on any atom is -0.389 e. The number of benzene rings is 1. The Kier molecular flexibility index (Phi) is 5.60. The molecule has 0 saturated carbocycles. The first-order valence-corrected chi connectivity index (χ1v) is 7.55. The third-order valence-corrected chi connectivity index (χ3v) is 4.39. The fourth-order valence-electron chi connectivity index (χ4n) is 2.14. The molecule has 0 fully saturated rings. The molecule has 2 nitrogen and oxygen atoms in total. The summed E-state index contributed by atoms with van der Waals surface area (Å²) >= 11 is 8.61. The molecule has 1 aromatic rings. The molecule has 0 heterocycles. The fraction of sp³-hybridized carbons (Fsp3) is 0.500. The largest absolute Gasteiger partial charge is 0.389 e. The van der Waals surface area contributed by atoms with Crippen LogP contribution < -0.4 is 11.1 Å². The number of halogens is 1. The Morgan fingerprint density at radius 1 is 1.28 bits per heavy atom. The van der Waals surface area contributed by atoms with E-state index in [1.165, 1.54) is 0 Å². The van der Waals surface area contributed by atoms with Crippen molar-refractivity contribution in [2.24, 2.45) is 5.73 Å². The standard InChI is InChI=1S/C14H21BrN2S/c1-4-14(5-2,6-3)17-12-9-10(15)7-8-11(12)13(16)18/h7-9,17H,4-6H2,1-3H3,(H2,16,18). The Morgan fingerprint density at radius 2 is 1.83 bits per heavy atom. The van der Waals surface area contributed by atoms with Crippen molar-refractivity contribution in [3.8, 4) is 0 Å². The molecule has 3 N–H and O–H groups in total. The minimum atomic E-state index is 0.111. The molecule has 18 heavy (non-hydrogen) atoms. The summed E-state index contributed by atoms with van der Waals surface area (Å²) in [4.78, 5) is 0.433. The molecule has 1 rings (SSSR count). The maximum atomic E-state index is 5.78. The summed E-state index contributed by atoms with van der Waals surface area (Å²) in [6.07, 6.45) is 3.22. The van der Waals surface area contributed by atoms with Gasteiger partial charge in [0.1, 0.15) is 4.99 Å². The molecule has 0 aliphatic rings. The Labute approximate surface area is 123 Å². The molecule has 100 valence electrons. The molecule has 0 aliphatic carbocycles. The molecule has 0 bridgehead atoms. The number of hydrogen-bond donors (Lipinski definition) is 2. The van der Waals surface area contributed by atoms with Gasteiger partial charge < -0.3 is 11.1 Å². The third kappa shape index (κ3) is 3.45. The second-order valence-electron chi connectivity index (χ2n) is 4.52. The van der Waals surface area contributed by atoms with Gasteiger partial charge in [-0.2, -0.15) is 0 Å². The van der Waals surface area contributed by atoms with Crippen LogP contribution in [0.2, 0.25) is 0 Å². The molecule has 4 heteroatoms. The van der Waals surface area contributed by atoms with Crippen molar-refractivity contribution in [1.82, 2.24) is 0 Å². The summed E-state index contributed by atoms with van der Waals surface area (Å²) in [7, 11) is 0. The molecule has 0 spiro atoms. The lowest BCUT2D eigenvalue weighted by Crippen LogP contribution is -2.36. The lowest BCUT2D eigenvalue weighted by molar-refractivity contribution is 0.420. The summed E-state index contributed by atoms with van der Waals surface area (Å²) in [6.45, 7) is 6.62. The first-order valence-electron chi connectivity index (χ1n) is 6.35. The van der Waals surface area contributed by atoms with Gasteiger partial charge in [-0.25, -0.2) is 0 Å². The zero-order valence-corrected chi connectivity index (χ0v) is 13.6.